The molecule has 2 aromatic rings. The Bertz CT molecular complexity index is 497. The zero-order chi connectivity index (χ0) is 12.3. The average Bonchev–Trinajstić information content (AvgIpc) is 2.72. The van der Waals surface area contributed by atoms with Crippen molar-refractivity contribution in [2.45, 2.75) is 26.8 Å². The lowest BCUT2D eigenvalue weighted by Crippen LogP contribution is -2.09. The van der Waals surface area contributed by atoms with Gasteiger partial charge < -0.3 is 10.3 Å². The van der Waals surface area contributed by atoms with E-state index in [1.54, 1.807) is 0 Å². The molecule has 1 aromatic carbocycles. The first-order valence-electron chi connectivity index (χ1n) is 6.11. The molecular weight excluding hydrogens is 208 g/mol. The summed E-state index contributed by atoms with van der Waals surface area (Å²) in [7, 11) is 0. The molecule has 2 heteroatoms. The van der Waals surface area contributed by atoms with Gasteiger partial charge in [0.1, 0.15) is 0 Å². The van der Waals surface area contributed by atoms with Gasteiger partial charge >= 0.3 is 0 Å². The maximum atomic E-state index is 5.62. The third kappa shape index (κ3) is 2.77. The van der Waals surface area contributed by atoms with Crippen molar-refractivity contribution in [3.05, 3.63) is 58.9 Å². The first-order chi connectivity index (χ1) is 8.20. The highest BCUT2D eigenvalue weighted by Gasteiger charge is 2.03. The van der Waals surface area contributed by atoms with Crippen molar-refractivity contribution >= 4 is 0 Å². The van der Waals surface area contributed by atoms with Crippen LogP contribution in [0.25, 0.3) is 0 Å². The van der Waals surface area contributed by atoms with E-state index < -0.39 is 0 Å². The maximum Gasteiger partial charge on any atom is 0.0475 e. The highest BCUT2D eigenvalue weighted by molar-refractivity contribution is 5.31. The fraction of sp³-hybridized carbons (Fsp3) is 0.333. The predicted molar refractivity (Wildman–Crippen MR) is 72.2 cm³/mol. The molecule has 0 aliphatic heterocycles. The summed E-state index contributed by atoms with van der Waals surface area (Å²) in [5, 5.41) is 0. The quantitative estimate of drug-likeness (QED) is 0.857. The number of nitrogens with zero attached hydrogens (tertiary/aromatic N) is 1. The van der Waals surface area contributed by atoms with Crippen LogP contribution in [-0.2, 0) is 13.0 Å². The molecule has 0 bridgehead atoms. The second-order valence-corrected chi connectivity index (χ2v) is 4.60. The standard InChI is InChI=1S/C15H20N2/c1-12-5-6-13(2)14(10-12)11-17-9-3-4-15(17)7-8-16/h3-6,9-10H,7-8,11,16H2,1-2H3. The fourth-order valence-electron chi connectivity index (χ4n) is 2.13. The molecule has 1 aromatic heterocycles. The van der Waals surface area contributed by atoms with Crippen LogP contribution in [0.4, 0.5) is 0 Å². The summed E-state index contributed by atoms with van der Waals surface area (Å²) < 4.78 is 2.29. The van der Waals surface area contributed by atoms with Gasteiger partial charge in [-0.15, -0.1) is 0 Å². The summed E-state index contributed by atoms with van der Waals surface area (Å²) in [6, 6.07) is 10.9. The van der Waals surface area contributed by atoms with Crippen LogP contribution >= 0.6 is 0 Å². The van der Waals surface area contributed by atoms with E-state index in [0.717, 1.165) is 13.0 Å². The van der Waals surface area contributed by atoms with Gasteiger partial charge in [0.05, 0.1) is 0 Å². The second-order valence-electron chi connectivity index (χ2n) is 4.60. The number of aryl methyl sites for hydroxylation is 2. The minimum atomic E-state index is 0.705. The number of hydrogen-bond acceptors (Lipinski definition) is 1. The van der Waals surface area contributed by atoms with Crippen molar-refractivity contribution in [3.8, 4) is 0 Å². The molecule has 0 saturated heterocycles. The van der Waals surface area contributed by atoms with Crippen LogP contribution in [0.5, 0.6) is 0 Å². The monoisotopic (exact) mass is 228 g/mol. The third-order valence-corrected chi connectivity index (χ3v) is 3.17. The number of benzene rings is 1. The minimum absolute atomic E-state index is 0.705. The molecule has 2 nitrogen and oxygen atoms in total. The molecule has 0 fully saturated rings. The smallest absolute Gasteiger partial charge is 0.0475 e. The number of hydrogen-bond donors (Lipinski definition) is 1. The van der Waals surface area contributed by atoms with Crippen molar-refractivity contribution in [1.82, 2.24) is 4.57 Å². The molecule has 0 atom stereocenters. The third-order valence-electron chi connectivity index (χ3n) is 3.17. The first kappa shape index (κ1) is 11.9. The van der Waals surface area contributed by atoms with E-state index in [-0.39, 0.29) is 0 Å². The molecule has 0 saturated carbocycles. The van der Waals surface area contributed by atoms with Crippen LogP contribution in [-0.4, -0.2) is 11.1 Å². The van der Waals surface area contributed by atoms with Crippen LogP contribution in [0.3, 0.4) is 0 Å². The Morgan fingerprint density at radius 3 is 2.76 bits per heavy atom. The largest absolute Gasteiger partial charge is 0.347 e. The van der Waals surface area contributed by atoms with Crippen LogP contribution in [0, 0.1) is 13.8 Å². The number of aromatic nitrogens is 1. The van der Waals surface area contributed by atoms with Crippen molar-refractivity contribution in [1.29, 1.82) is 0 Å². The Labute approximate surface area is 103 Å². The van der Waals surface area contributed by atoms with E-state index in [0.29, 0.717) is 6.54 Å². The van der Waals surface area contributed by atoms with Crippen LogP contribution in [0.1, 0.15) is 22.4 Å². The van der Waals surface area contributed by atoms with E-state index in [1.807, 2.05) is 0 Å². The SMILES string of the molecule is Cc1ccc(C)c(Cn2cccc2CCN)c1. The molecule has 0 aliphatic carbocycles. The summed E-state index contributed by atoms with van der Waals surface area (Å²) >= 11 is 0. The number of rotatable bonds is 4. The zero-order valence-corrected chi connectivity index (χ0v) is 10.6. The highest BCUT2D eigenvalue weighted by atomic mass is 15.0. The van der Waals surface area contributed by atoms with Crippen LogP contribution in [0.2, 0.25) is 0 Å². The van der Waals surface area contributed by atoms with E-state index in [2.05, 4.69) is 54.9 Å². The first-order valence-corrected chi connectivity index (χ1v) is 6.11. The summed E-state index contributed by atoms with van der Waals surface area (Å²) in [5.41, 5.74) is 11.0. The lowest BCUT2D eigenvalue weighted by Gasteiger charge is -2.11. The Hall–Kier alpha value is -1.54. The molecular formula is C15H20N2. The Balaban J connectivity index is 2.25. The van der Waals surface area contributed by atoms with E-state index >= 15 is 0 Å². The zero-order valence-electron chi connectivity index (χ0n) is 10.6. The minimum Gasteiger partial charge on any atom is -0.347 e. The van der Waals surface area contributed by atoms with E-state index in [1.165, 1.54) is 22.4 Å². The van der Waals surface area contributed by atoms with Crippen molar-refractivity contribution in [3.63, 3.8) is 0 Å². The van der Waals surface area contributed by atoms with Gasteiger partial charge in [-0.25, -0.2) is 0 Å². The number of nitrogens with two attached hydrogens (primary N) is 1. The van der Waals surface area contributed by atoms with Gasteiger partial charge in [-0.05, 0) is 50.1 Å². The van der Waals surface area contributed by atoms with Gasteiger partial charge in [0, 0.05) is 18.4 Å². The molecule has 2 N–H and O–H groups in total. The molecule has 0 unspecified atom stereocenters. The van der Waals surface area contributed by atoms with Crippen molar-refractivity contribution in [2.75, 3.05) is 6.54 Å². The van der Waals surface area contributed by atoms with Gasteiger partial charge in [-0.1, -0.05) is 23.8 Å². The van der Waals surface area contributed by atoms with Gasteiger partial charge in [0.15, 0.2) is 0 Å². The molecule has 0 amide bonds. The molecule has 0 radical (unpaired) electrons. The lowest BCUT2D eigenvalue weighted by atomic mass is 10.1. The van der Waals surface area contributed by atoms with Crippen LogP contribution in [0.15, 0.2) is 36.5 Å². The van der Waals surface area contributed by atoms with Crippen LogP contribution < -0.4 is 5.73 Å². The van der Waals surface area contributed by atoms with Gasteiger partial charge in [0.2, 0.25) is 0 Å². The second kappa shape index (κ2) is 5.19. The van der Waals surface area contributed by atoms with Crippen molar-refractivity contribution in [2.24, 2.45) is 5.73 Å². The fourth-order valence-corrected chi connectivity index (χ4v) is 2.13. The normalized spacial score (nSPS) is 10.8. The average molecular weight is 228 g/mol. The summed E-state index contributed by atoms with van der Waals surface area (Å²) in [5.74, 6) is 0. The maximum absolute atomic E-state index is 5.62. The van der Waals surface area contributed by atoms with Gasteiger partial charge in [-0.2, -0.15) is 0 Å². The molecule has 2 rings (SSSR count). The van der Waals surface area contributed by atoms with E-state index in [9.17, 15) is 0 Å². The Kier molecular flexibility index (Phi) is 3.64. The summed E-state index contributed by atoms with van der Waals surface area (Å²) in [6.45, 7) is 5.95. The summed E-state index contributed by atoms with van der Waals surface area (Å²) in [6.07, 6.45) is 3.07. The molecule has 0 spiro atoms. The predicted octanol–water partition coefficient (Wildman–Crippen LogP) is 2.65. The van der Waals surface area contributed by atoms with Crippen molar-refractivity contribution < 1.29 is 0 Å². The topological polar surface area (TPSA) is 30.9 Å². The summed E-state index contributed by atoms with van der Waals surface area (Å²) in [4.78, 5) is 0. The lowest BCUT2D eigenvalue weighted by molar-refractivity contribution is 0.733. The highest BCUT2D eigenvalue weighted by Crippen LogP contribution is 2.14. The molecule has 1 heterocycles. The molecule has 0 aliphatic rings. The molecule has 90 valence electrons. The van der Waals surface area contributed by atoms with E-state index in [4.69, 9.17) is 5.73 Å². The van der Waals surface area contributed by atoms with Gasteiger partial charge in [0.25, 0.3) is 0 Å². The van der Waals surface area contributed by atoms with Gasteiger partial charge in [-0.3, -0.25) is 0 Å². The Morgan fingerprint density at radius 1 is 1.18 bits per heavy atom. The molecule has 17 heavy (non-hydrogen) atoms. The Morgan fingerprint density at radius 2 is 2.00 bits per heavy atom.